The summed E-state index contributed by atoms with van der Waals surface area (Å²) in [6, 6.07) is 11.6. The van der Waals surface area contributed by atoms with Gasteiger partial charge in [0, 0.05) is 24.2 Å². The summed E-state index contributed by atoms with van der Waals surface area (Å²) in [5.74, 6) is 0.946. The van der Waals surface area contributed by atoms with E-state index in [4.69, 9.17) is 0 Å². The molecule has 0 atom stereocenters. The number of anilines is 1. The zero-order chi connectivity index (χ0) is 21.1. The number of hydrogen-bond donors (Lipinski definition) is 1. The van der Waals surface area contributed by atoms with Crippen LogP contribution >= 0.6 is 0 Å². The molecular weight excluding hydrogens is 393 g/mol. The summed E-state index contributed by atoms with van der Waals surface area (Å²) in [5, 5.41) is 11.2. The third-order valence-electron chi connectivity index (χ3n) is 5.24. The lowest BCUT2D eigenvalue weighted by molar-refractivity contribution is -0.137. The molecule has 0 bridgehead atoms. The van der Waals surface area contributed by atoms with E-state index < -0.39 is 23.2 Å². The number of nitrogens with one attached hydrogen (secondary N) is 1. The summed E-state index contributed by atoms with van der Waals surface area (Å²) >= 11 is 0. The molecule has 0 radical (unpaired) electrons. The highest BCUT2D eigenvalue weighted by atomic mass is 19.4. The predicted octanol–water partition coefficient (Wildman–Crippen LogP) is 5.33. The van der Waals surface area contributed by atoms with Crippen LogP contribution in [0, 0.1) is 0 Å². The molecule has 5 nitrogen and oxygen atoms in total. The number of benzene rings is 2. The lowest BCUT2D eigenvalue weighted by Gasteiger charge is -2.14. The number of carbonyl (C=O) groups excluding carboxylic acids is 1. The Morgan fingerprint density at radius 3 is 2.43 bits per heavy atom. The monoisotopic (exact) mass is 414 g/mol. The van der Waals surface area contributed by atoms with Crippen LogP contribution in [0.15, 0.2) is 48.5 Å². The molecule has 30 heavy (non-hydrogen) atoms. The Morgan fingerprint density at radius 2 is 1.67 bits per heavy atom. The Balaban J connectivity index is 1.54. The quantitative estimate of drug-likeness (QED) is 0.630. The second kappa shape index (κ2) is 8.30. The van der Waals surface area contributed by atoms with Gasteiger partial charge >= 0.3 is 6.18 Å². The Kier molecular flexibility index (Phi) is 5.57. The van der Waals surface area contributed by atoms with Crippen molar-refractivity contribution in [3.63, 3.8) is 0 Å². The fraction of sp³-hybridized carbons (Fsp3) is 0.318. The third kappa shape index (κ3) is 4.22. The molecule has 0 spiro atoms. The van der Waals surface area contributed by atoms with Crippen molar-refractivity contribution in [3.05, 3.63) is 65.5 Å². The largest absolute Gasteiger partial charge is 0.417 e. The van der Waals surface area contributed by atoms with Gasteiger partial charge in [0.2, 0.25) is 0 Å². The lowest BCUT2D eigenvalue weighted by Crippen LogP contribution is -2.18. The zero-order valence-corrected chi connectivity index (χ0v) is 16.2. The van der Waals surface area contributed by atoms with Crippen LogP contribution in [0.5, 0.6) is 0 Å². The average molecular weight is 414 g/mol. The number of aryl methyl sites for hydroxylation is 1. The van der Waals surface area contributed by atoms with Crippen LogP contribution in [-0.2, 0) is 19.1 Å². The highest BCUT2D eigenvalue weighted by molar-refractivity contribution is 6.05. The van der Waals surface area contributed by atoms with Gasteiger partial charge in [0.05, 0.1) is 11.1 Å². The van der Waals surface area contributed by atoms with Crippen LogP contribution in [0.3, 0.4) is 0 Å². The SMILES string of the molecule is O=C(Nc1ccc(-c2nnc3n2CCCCCC3)cc1)c1ccccc1C(F)(F)F. The van der Waals surface area contributed by atoms with Crippen molar-refractivity contribution in [2.24, 2.45) is 0 Å². The van der Waals surface area contributed by atoms with Crippen molar-refractivity contribution in [3.8, 4) is 11.4 Å². The molecule has 1 N–H and O–H groups in total. The van der Waals surface area contributed by atoms with Crippen molar-refractivity contribution in [1.82, 2.24) is 14.8 Å². The molecule has 1 aliphatic heterocycles. The number of aromatic nitrogens is 3. The lowest BCUT2D eigenvalue weighted by atomic mass is 10.1. The summed E-state index contributed by atoms with van der Waals surface area (Å²) in [5.41, 5.74) is -0.106. The molecule has 4 rings (SSSR count). The maximum absolute atomic E-state index is 13.2. The molecule has 156 valence electrons. The summed E-state index contributed by atoms with van der Waals surface area (Å²) < 4.78 is 41.6. The first-order chi connectivity index (χ1) is 14.4. The van der Waals surface area contributed by atoms with Gasteiger partial charge in [-0.05, 0) is 49.2 Å². The molecule has 3 aromatic rings. The van der Waals surface area contributed by atoms with E-state index in [2.05, 4.69) is 20.1 Å². The van der Waals surface area contributed by atoms with Crippen molar-refractivity contribution in [1.29, 1.82) is 0 Å². The Labute approximate surface area is 171 Å². The number of fused-ring (bicyclic) bond motifs is 1. The smallest absolute Gasteiger partial charge is 0.322 e. The molecule has 0 unspecified atom stereocenters. The molecule has 1 amide bonds. The zero-order valence-electron chi connectivity index (χ0n) is 16.2. The minimum absolute atomic E-state index is 0.409. The van der Waals surface area contributed by atoms with Crippen LogP contribution in [0.2, 0.25) is 0 Å². The van der Waals surface area contributed by atoms with Crippen molar-refractivity contribution in [2.75, 3.05) is 5.32 Å². The van der Waals surface area contributed by atoms with Gasteiger partial charge in [0.1, 0.15) is 5.82 Å². The molecule has 0 saturated carbocycles. The fourth-order valence-corrected chi connectivity index (χ4v) is 3.70. The van der Waals surface area contributed by atoms with E-state index in [9.17, 15) is 18.0 Å². The minimum Gasteiger partial charge on any atom is -0.322 e. The van der Waals surface area contributed by atoms with Crippen molar-refractivity contribution in [2.45, 2.75) is 44.8 Å². The number of alkyl halides is 3. The Bertz CT molecular complexity index is 1040. The molecule has 0 saturated heterocycles. The number of nitrogens with zero attached hydrogens (tertiary/aromatic N) is 3. The second-order valence-corrected chi connectivity index (χ2v) is 7.33. The third-order valence-corrected chi connectivity index (χ3v) is 5.24. The van der Waals surface area contributed by atoms with Gasteiger partial charge in [-0.3, -0.25) is 4.79 Å². The van der Waals surface area contributed by atoms with E-state index in [1.807, 2.05) is 0 Å². The number of carbonyl (C=O) groups is 1. The van der Waals surface area contributed by atoms with Gasteiger partial charge in [0.25, 0.3) is 5.91 Å². The topological polar surface area (TPSA) is 59.8 Å². The van der Waals surface area contributed by atoms with Crippen LogP contribution < -0.4 is 5.32 Å². The molecule has 0 fully saturated rings. The Hall–Kier alpha value is -3.16. The number of rotatable bonds is 3. The molecule has 0 aliphatic carbocycles. The van der Waals surface area contributed by atoms with Crippen molar-refractivity contribution >= 4 is 11.6 Å². The summed E-state index contributed by atoms with van der Waals surface area (Å²) in [7, 11) is 0. The van der Waals surface area contributed by atoms with Gasteiger partial charge in [-0.15, -0.1) is 10.2 Å². The first kappa shape index (κ1) is 20.1. The highest BCUT2D eigenvalue weighted by Crippen LogP contribution is 2.32. The predicted molar refractivity (Wildman–Crippen MR) is 107 cm³/mol. The highest BCUT2D eigenvalue weighted by Gasteiger charge is 2.34. The first-order valence-electron chi connectivity index (χ1n) is 9.93. The van der Waals surface area contributed by atoms with Crippen LogP contribution in [0.4, 0.5) is 18.9 Å². The van der Waals surface area contributed by atoms with Gasteiger partial charge in [0.15, 0.2) is 5.82 Å². The van der Waals surface area contributed by atoms with E-state index >= 15 is 0 Å². The maximum Gasteiger partial charge on any atom is 0.417 e. The van der Waals surface area contributed by atoms with E-state index in [-0.39, 0.29) is 0 Å². The van der Waals surface area contributed by atoms with Crippen LogP contribution in [0.1, 0.15) is 47.4 Å². The summed E-state index contributed by atoms with van der Waals surface area (Å²) in [6.07, 6.45) is 0.866. The Morgan fingerprint density at radius 1 is 0.933 bits per heavy atom. The number of halogens is 3. The first-order valence-corrected chi connectivity index (χ1v) is 9.93. The van der Waals surface area contributed by atoms with E-state index in [0.29, 0.717) is 5.69 Å². The molecule has 2 aromatic carbocycles. The summed E-state index contributed by atoms with van der Waals surface area (Å²) in [4.78, 5) is 12.4. The van der Waals surface area contributed by atoms with Crippen LogP contribution in [0.25, 0.3) is 11.4 Å². The van der Waals surface area contributed by atoms with Crippen LogP contribution in [-0.4, -0.2) is 20.7 Å². The maximum atomic E-state index is 13.2. The standard InChI is InChI=1S/C22H21F3N4O/c23-22(24,25)18-8-5-4-7-17(18)21(30)26-16-12-10-15(11-13-16)20-28-27-19-9-3-1-2-6-14-29(19)20/h4-5,7-8,10-13H,1-3,6,9,14H2,(H,26,30). The van der Waals surface area contributed by atoms with Crippen molar-refractivity contribution < 1.29 is 18.0 Å². The molecule has 8 heteroatoms. The van der Waals surface area contributed by atoms with Gasteiger partial charge in [-0.2, -0.15) is 13.2 Å². The number of hydrogen-bond acceptors (Lipinski definition) is 3. The minimum atomic E-state index is -4.60. The number of amides is 1. The normalized spacial score (nSPS) is 14.5. The van der Waals surface area contributed by atoms with E-state index in [1.165, 1.54) is 31.0 Å². The van der Waals surface area contributed by atoms with Gasteiger partial charge in [-0.25, -0.2) is 0 Å². The molecule has 1 aromatic heterocycles. The molecule has 2 heterocycles. The van der Waals surface area contributed by atoms with Gasteiger partial charge < -0.3 is 9.88 Å². The summed E-state index contributed by atoms with van der Waals surface area (Å²) in [6.45, 7) is 0.865. The fourth-order valence-electron chi connectivity index (χ4n) is 3.70. The van der Waals surface area contributed by atoms with Gasteiger partial charge in [-0.1, -0.05) is 25.0 Å². The second-order valence-electron chi connectivity index (χ2n) is 7.33. The average Bonchev–Trinajstić information content (AvgIpc) is 3.09. The van der Waals surface area contributed by atoms with E-state index in [1.54, 1.807) is 24.3 Å². The molecule has 1 aliphatic rings. The molecular formula is C22H21F3N4O. The van der Waals surface area contributed by atoms with E-state index in [0.717, 1.165) is 49.1 Å².